The second kappa shape index (κ2) is 13.4. The van der Waals surface area contributed by atoms with E-state index >= 15 is 0 Å². The maximum Gasteiger partial charge on any atom is 0.164 e. The number of furan rings is 1. The van der Waals surface area contributed by atoms with Gasteiger partial charge in [-0.15, -0.1) is 0 Å². The van der Waals surface area contributed by atoms with E-state index in [1.54, 1.807) is 0 Å². The highest BCUT2D eigenvalue weighted by atomic mass is 16.3. The molecule has 0 spiro atoms. The SMILES string of the molecule is c1ccc(-c2nc(-c3cc4ccccc4c4ccccc34)nc(-c3cc4c(oc5cccc(-n6c7cc8ccccc8cc7c7c8ccccc8ccc76)c54)c4ccccc34)n2)cc1. The lowest BCUT2D eigenvalue weighted by Gasteiger charge is -2.14. The first-order chi connectivity index (χ1) is 31.7. The third-order valence-corrected chi connectivity index (χ3v) is 13.2. The Labute approximate surface area is 366 Å². The van der Waals surface area contributed by atoms with E-state index in [9.17, 15) is 0 Å². The van der Waals surface area contributed by atoms with Gasteiger partial charge >= 0.3 is 0 Å². The number of nitrogens with zero attached hydrogens (tertiary/aromatic N) is 4. The molecule has 0 amide bonds. The maximum absolute atomic E-state index is 6.97. The summed E-state index contributed by atoms with van der Waals surface area (Å²) in [6, 6.07) is 73.2. The fraction of sp³-hybridized carbons (Fsp3) is 0. The zero-order valence-corrected chi connectivity index (χ0v) is 34.3. The van der Waals surface area contributed by atoms with E-state index in [0.29, 0.717) is 17.5 Å². The Morgan fingerprint density at radius 2 is 0.922 bits per heavy atom. The molecule has 0 atom stereocenters. The Morgan fingerprint density at radius 1 is 0.328 bits per heavy atom. The molecule has 0 N–H and O–H groups in total. The van der Waals surface area contributed by atoms with E-state index in [-0.39, 0.29) is 0 Å². The fourth-order valence-corrected chi connectivity index (χ4v) is 10.3. The largest absolute Gasteiger partial charge is 0.455 e. The van der Waals surface area contributed by atoms with Crippen LogP contribution < -0.4 is 0 Å². The zero-order valence-electron chi connectivity index (χ0n) is 34.3. The molecule has 0 saturated carbocycles. The fourth-order valence-electron chi connectivity index (χ4n) is 10.3. The summed E-state index contributed by atoms with van der Waals surface area (Å²) in [5, 5.41) is 15.9. The van der Waals surface area contributed by atoms with Gasteiger partial charge in [0.15, 0.2) is 17.5 Å². The number of benzene rings is 11. The molecule has 0 aliphatic carbocycles. The second-order valence-corrected chi connectivity index (χ2v) is 16.7. The average Bonchev–Trinajstić information content (AvgIpc) is 3.91. The minimum absolute atomic E-state index is 0.598. The van der Waals surface area contributed by atoms with Gasteiger partial charge in [0.2, 0.25) is 0 Å². The average molecular weight is 815 g/mol. The summed E-state index contributed by atoms with van der Waals surface area (Å²) in [6.07, 6.45) is 0. The highest BCUT2D eigenvalue weighted by Gasteiger charge is 2.24. The van der Waals surface area contributed by atoms with Crippen molar-refractivity contribution < 1.29 is 4.42 Å². The van der Waals surface area contributed by atoms with Crippen molar-refractivity contribution in [2.75, 3.05) is 0 Å². The molecule has 0 aliphatic rings. The van der Waals surface area contributed by atoms with Crippen LogP contribution in [0.1, 0.15) is 0 Å². The first-order valence-electron chi connectivity index (χ1n) is 21.7. The van der Waals surface area contributed by atoms with Crippen LogP contribution in [-0.2, 0) is 0 Å². The van der Waals surface area contributed by atoms with Crippen LogP contribution in [0.25, 0.3) is 137 Å². The molecule has 0 aliphatic heterocycles. The third kappa shape index (κ3) is 5.09. The van der Waals surface area contributed by atoms with Gasteiger partial charge in [-0.1, -0.05) is 164 Å². The van der Waals surface area contributed by atoms with Crippen molar-refractivity contribution in [2.24, 2.45) is 0 Å². The molecule has 3 heterocycles. The maximum atomic E-state index is 6.97. The second-order valence-electron chi connectivity index (χ2n) is 16.7. The molecular formula is C59H34N4O. The van der Waals surface area contributed by atoms with Crippen molar-refractivity contribution in [3.8, 4) is 39.9 Å². The summed E-state index contributed by atoms with van der Waals surface area (Å²) in [5.74, 6) is 1.84. The first-order valence-corrected chi connectivity index (χ1v) is 21.7. The van der Waals surface area contributed by atoms with Crippen LogP contribution in [0, 0.1) is 0 Å². The van der Waals surface area contributed by atoms with Crippen LogP contribution in [0.15, 0.2) is 211 Å². The molecule has 0 saturated heterocycles. The predicted octanol–water partition coefficient (Wildman–Crippen LogP) is 15.6. The Hall–Kier alpha value is -8.67. The van der Waals surface area contributed by atoms with Crippen LogP contribution >= 0.6 is 0 Å². The lowest BCUT2D eigenvalue weighted by atomic mass is 9.96. The molecule has 14 aromatic rings. The number of hydrogen-bond acceptors (Lipinski definition) is 4. The summed E-state index contributed by atoms with van der Waals surface area (Å²) in [6.45, 7) is 0. The molecule has 296 valence electrons. The van der Waals surface area contributed by atoms with Crippen LogP contribution in [0.5, 0.6) is 0 Å². The number of fused-ring (bicyclic) bond motifs is 14. The highest BCUT2D eigenvalue weighted by Crippen LogP contribution is 2.45. The summed E-state index contributed by atoms with van der Waals surface area (Å²) >= 11 is 0. The van der Waals surface area contributed by atoms with Crippen molar-refractivity contribution in [1.82, 2.24) is 19.5 Å². The van der Waals surface area contributed by atoms with Gasteiger partial charge in [0.25, 0.3) is 0 Å². The van der Waals surface area contributed by atoms with E-state index in [1.807, 2.05) is 18.2 Å². The monoisotopic (exact) mass is 814 g/mol. The number of hydrogen-bond donors (Lipinski definition) is 0. The Kier molecular flexibility index (Phi) is 7.33. The Morgan fingerprint density at radius 3 is 1.70 bits per heavy atom. The molecule has 0 unspecified atom stereocenters. The lowest BCUT2D eigenvalue weighted by Crippen LogP contribution is -2.01. The lowest BCUT2D eigenvalue weighted by molar-refractivity contribution is 0.672. The standard InChI is InChI=1S/C59H34N4O/c1-2-16-36(17-3-1)57-60-58(46-32-39-20-7-8-21-40(39)42-23-10-11-24-43(42)46)62-59(61-57)47-34-49-55-50(27-14-28-53(55)64-56(49)45-26-13-12-25-44(45)47)63-51-30-29-35-15-6-9-22-41(35)54(51)48-31-37-18-4-5-19-38(37)33-52(48)63/h1-34H. The number of aromatic nitrogens is 4. The topological polar surface area (TPSA) is 56.7 Å². The normalized spacial score (nSPS) is 12.1. The van der Waals surface area contributed by atoms with Gasteiger partial charge in [-0.2, -0.15) is 0 Å². The van der Waals surface area contributed by atoms with Gasteiger partial charge < -0.3 is 8.98 Å². The predicted molar refractivity (Wildman–Crippen MR) is 265 cm³/mol. The minimum atomic E-state index is 0.598. The van der Waals surface area contributed by atoms with Crippen LogP contribution in [0.3, 0.4) is 0 Å². The smallest absolute Gasteiger partial charge is 0.164 e. The van der Waals surface area contributed by atoms with Crippen molar-refractivity contribution in [3.05, 3.63) is 206 Å². The zero-order chi connectivity index (χ0) is 41.9. The molecule has 5 nitrogen and oxygen atoms in total. The molecule has 5 heteroatoms. The summed E-state index contributed by atoms with van der Waals surface area (Å²) in [7, 11) is 0. The van der Waals surface area contributed by atoms with Crippen molar-refractivity contribution in [1.29, 1.82) is 0 Å². The highest BCUT2D eigenvalue weighted by molar-refractivity contribution is 6.26. The summed E-state index contributed by atoms with van der Waals surface area (Å²) in [4.78, 5) is 16.0. The van der Waals surface area contributed by atoms with Gasteiger partial charge in [0.1, 0.15) is 11.2 Å². The van der Waals surface area contributed by atoms with Crippen molar-refractivity contribution in [3.63, 3.8) is 0 Å². The molecule has 11 aromatic carbocycles. The first kappa shape index (κ1) is 35.0. The van der Waals surface area contributed by atoms with Crippen molar-refractivity contribution in [2.45, 2.75) is 0 Å². The minimum Gasteiger partial charge on any atom is -0.455 e. The van der Waals surface area contributed by atoms with Gasteiger partial charge in [-0.05, 0) is 90.9 Å². The number of rotatable bonds is 4. The summed E-state index contributed by atoms with van der Waals surface area (Å²) in [5.41, 5.74) is 7.77. The molecule has 3 aromatic heterocycles. The quantitative estimate of drug-likeness (QED) is 0.166. The van der Waals surface area contributed by atoms with E-state index in [4.69, 9.17) is 19.4 Å². The van der Waals surface area contributed by atoms with E-state index < -0.39 is 0 Å². The van der Waals surface area contributed by atoms with E-state index in [0.717, 1.165) is 82.3 Å². The van der Waals surface area contributed by atoms with Crippen LogP contribution in [-0.4, -0.2) is 19.5 Å². The van der Waals surface area contributed by atoms with E-state index in [1.165, 1.54) is 37.7 Å². The Bertz CT molecular complexity index is 4260. The van der Waals surface area contributed by atoms with Crippen LogP contribution in [0.4, 0.5) is 0 Å². The van der Waals surface area contributed by atoms with Crippen molar-refractivity contribution >= 4 is 97.6 Å². The summed E-state index contributed by atoms with van der Waals surface area (Å²) < 4.78 is 9.41. The van der Waals surface area contributed by atoms with Gasteiger partial charge in [0.05, 0.1) is 22.1 Å². The Balaban J connectivity index is 1.09. The van der Waals surface area contributed by atoms with E-state index in [2.05, 4.69) is 193 Å². The molecule has 0 bridgehead atoms. The third-order valence-electron chi connectivity index (χ3n) is 13.2. The molecule has 0 fully saturated rings. The molecular weight excluding hydrogens is 781 g/mol. The van der Waals surface area contributed by atoms with Crippen LogP contribution in [0.2, 0.25) is 0 Å². The van der Waals surface area contributed by atoms with Gasteiger partial charge in [-0.3, -0.25) is 0 Å². The molecule has 14 rings (SSSR count). The van der Waals surface area contributed by atoms with Gasteiger partial charge in [0, 0.05) is 38.2 Å². The van der Waals surface area contributed by atoms with Gasteiger partial charge in [-0.25, -0.2) is 15.0 Å². The molecule has 0 radical (unpaired) electrons. The molecule has 64 heavy (non-hydrogen) atoms.